The Morgan fingerprint density at radius 3 is 2.90 bits per heavy atom. The van der Waals surface area contributed by atoms with E-state index in [1.54, 1.807) is 12.5 Å². The third-order valence-electron chi connectivity index (χ3n) is 3.31. The highest BCUT2D eigenvalue weighted by atomic mass is 16.6. The highest BCUT2D eigenvalue weighted by molar-refractivity contribution is 6.01. The molecule has 0 spiro atoms. The molecule has 2 heterocycles. The molecule has 0 fully saturated rings. The van der Waals surface area contributed by atoms with Crippen LogP contribution in [0.3, 0.4) is 0 Å². The first-order chi connectivity index (χ1) is 10.2. The first-order valence-electron chi connectivity index (χ1n) is 6.78. The molecule has 0 bridgehead atoms. The maximum atomic E-state index is 10.9. The third kappa shape index (κ3) is 3.10. The molecular weight excluding hydrogens is 268 g/mol. The summed E-state index contributed by atoms with van der Waals surface area (Å²) >= 11 is 0. The molecular formula is C15H16N4O2. The van der Waals surface area contributed by atoms with Crippen LogP contribution in [0.1, 0.15) is 18.9 Å². The van der Waals surface area contributed by atoms with Gasteiger partial charge in [0.1, 0.15) is 6.10 Å². The van der Waals surface area contributed by atoms with Gasteiger partial charge in [-0.2, -0.15) is 0 Å². The number of carbonyl (C=O) groups is 1. The summed E-state index contributed by atoms with van der Waals surface area (Å²) < 4.78 is 1.94. The van der Waals surface area contributed by atoms with Crippen LogP contribution in [0.5, 0.6) is 0 Å². The molecule has 2 aromatic rings. The standard InChI is InChI=1S/C15H16N4O2/c1-11(20)17-9-14-8-15(18-21-14)12-2-4-13(5-3-12)19-7-6-16-10-19/h2-7,10,14H,8-9H2,1H3,(H,17,20). The summed E-state index contributed by atoms with van der Waals surface area (Å²) in [4.78, 5) is 20.2. The largest absolute Gasteiger partial charge is 0.390 e. The Bertz CT molecular complexity index is 647. The van der Waals surface area contributed by atoms with Crippen molar-refractivity contribution in [3.05, 3.63) is 48.5 Å². The molecule has 1 atom stereocenters. The second-order valence-electron chi connectivity index (χ2n) is 4.92. The van der Waals surface area contributed by atoms with E-state index in [1.807, 2.05) is 35.0 Å². The van der Waals surface area contributed by atoms with E-state index in [9.17, 15) is 4.79 Å². The van der Waals surface area contributed by atoms with Gasteiger partial charge in [-0.05, 0) is 17.7 Å². The first kappa shape index (κ1) is 13.4. The lowest BCUT2D eigenvalue weighted by molar-refractivity contribution is -0.119. The molecule has 0 aliphatic carbocycles. The van der Waals surface area contributed by atoms with Crippen LogP contribution in [0, 0.1) is 0 Å². The number of imidazole rings is 1. The smallest absolute Gasteiger partial charge is 0.217 e. The van der Waals surface area contributed by atoms with Crippen LogP contribution in [-0.2, 0) is 9.63 Å². The van der Waals surface area contributed by atoms with Gasteiger partial charge in [0.15, 0.2) is 0 Å². The summed E-state index contributed by atoms with van der Waals surface area (Å²) in [5.41, 5.74) is 2.98. The summed E-state index contributed by atoms with van der Waals surface area (Å²) in [6.07, 6.45) is 6.01. The monoisotopic (exact) mass is 284 g/mol. The van der Waals surface area contributed by atoms with Gasteiger partial charge in [-0.3, -0.25) is 4.79 Å². The fourth-order valence-corrected chi connectivity index (χ4v) is 2.20. The number of hydrogen-bond acceptors (Lipinski definition) is 4. The van der Waals surface area contributed by atoms with Crippen molar-refractivity contribution in [3.63, 3.8) is 0 Å². The summed E-state index contributed by atoms with van der Waals surface area (Å²) in [6, 6.07) is 8.05. The Morgan fingerprint density at radius 2 is 2.24 bits per heavy atom. The number of benzene rings is 1. The summed E-state index contributed by atoms with van der Waals surface area (Å²) in [5, 5.41) is 6.84. The van der Waals surface area contributed by atoms with Gasteiger partial charge >= 0.3 is 0 Å². The van der Waals surface area contributed by atoms with E-state index in [1.165, 1.54) is 6.92 Å². The molecule has 1 aromatic carbocycles. The van der Waals surface area contributed by atoms with Crippen molar-refractivity contribution >= 4 is 11.6 Å². The van der Waals surface area contributed by atoms with E-state index in [-0.39, 0.29) is 12.0 Å². The van der Waals surface area contributed by atoms with Crippen LogP contribution in [0.2, 0.25) is 0 Å². The highest BCUT2D eigenvalue weighted by Crippen LogP contribution is 2.18. The van der Waals surface area contributed by atoms with Crippen molar-refractivity contribution in [2.24, 2.45) is 5.16 Å². The molecule has 0 saturated heterocycles. The number of carbonyl (C=O) groups excluding carboxylic acids is 1. The van der Waals surface area contributed by atoms with Crippen molar-refractivity contribution < 1.29 is 9.63 Å². The van der Waals surface area contributed by atoms with Crippen LogP contribution in [-0.4, -0.2) is 33.8 Å². The Kier molecular flexibility index (Phi) is 3.68. The van der Waals surface area contributed by atoms with E-state index in [0.29, 0.717) is 13.0 Å². The zero-order chi connectivity index (χ0) is 14.7. The van der Waals surface area contributed by atoms with Crippen LogP contribution in [0.15, 0.2) is 48.1 Å². The minimum Gasteiger partial charge on any atom is -0.390 e. The molecule has 1 unspecified atom stereocenters. The zero-order valence-electron chi connectivity index (χ0n) is 11.7. The highest BCUT2D eigenvalue weighted by Gasteiger charge is 2.22. The molecule has 6 heteroatoms. The fourth-order valence-electron chi connectivity index (χ4n) is 2.20. The van der Waals surface area contributed by atoms with Gasteiger partial charge in [0.25, 0.3) is 0 Å². The predicted molar refractivity (Wildman–Crippen MR) is 78.3 cm³/mol. The number of aromatic nitrogens is 2. The lowest BCUT2D eigenvalue weighted by Gasteiger charge is -2.08. The van der Waals surface area contributed by atoms with Crippen molar-refractivity contribution in [1.82, 2.24) is 14.9 Å². The van der Waals surface area contributed by atoms with Gasteiger partial charge in [0, 0.05) is 31.4 Å². The number of rotatable bonds is 4. The summed E-state index contributed by atoms with van der Waals surface area (Å²) in [6.45, 7) is 1.97. The molecule has 108 valence electrons. The Balaban J connectivity index is 1.64. The quantitative estimate of drug-likeness (QED) is 0.925. The molecule has 1 N–H and O–H groups in total. The minimum absolute atomic E-state index is 0.0586. The van der Waals surface area contributed by atoms with Crippen molar-refractivity contribution in [3.8, 4) is 5.69 Å². The van der Waals surface area contributed by atoms with Crippen LogP contribution in [0.25, 0.3) is 5.69 Å². The normalized spacial score (nSPS) is 17.2. The molecule has 0 saturated carbocycles. The number of nitrogens with zero attached hydrogens (tertiary/aromatic N) is 3. The summed E-state index contributed by atoms with van der Waals surface area (Å²) in [7, 11) is 0. The maximum Gasteiger partial charge on any atom is 0.217 e. The molecule has 1 aromatic heterocycles. The Morgan fingerprint density at radius 1 is 1.43 bits per heavy atom. The van der Waals surface area contributed by atoms with E-state index >= 15 is 0 Å². The van der Waals surface area contributed by atoms with E-state index in [2.05, 4.69) is 15.5 Å². The third-order valence-corrected chi connectivity index (χ3v) is 3.31. The molecule has 6 nitrogen and oxygen atoms in total. The average Bonchev–Trinajstić information content (AvgIpc) is 3.17. The fraction of sp³-hybridized carbons (Fsp3) is 0.267. The second-order valence-corrected chi connectivity index (χ2v) is 4.92. The SMILES string of the molecule is CC(=O)NCC1CC(c2ccc(-n3ccnc3)cc2)=NO1. The minimum atomic E-state index is -0.0859. The predicted octanol–water partition coefficient (Wildman–Crippen LogP) is 1.50. The van der Waals surface area contributed by atoms with Gasteiger partial charge in [-0.25, -0.2) is 4.98 Å². The van der Waals surface area contributed by atoms with Crippen LogP contribution < -0.4 is 5.32 Å². The molecule has 1 amide bonds. The number of hydrogen-bond donors (Lipinski definition) is 1. The second kappa shape index (κ2) is 5.78. The van der Waals surface area contributed by atoms with Crippen LogP contribution in [0.4, 0.5) is 0 Å². The van der Waals surface area contributed by atoms with Crippen molar-refractivity contribution in [2.75, 3.05) is 6.54 Å². The molecule has 21 heavy (non-hydrogen) atoms. The topological polar surface area (TPSA) is 68.5 Å². The average molecular weight is 284 g/mol. The van der Waals surface area contributed by atoms with Gasteiger partial charge in [-0.15, -0.1) is 0 Å². The van der Waals surface area contributed by atoms with Gasteiger partial charge < -0.3 is 14.7 Å². The molecule has 1 aliphatic heterocycles. The molecule has 3 rings (SSSR count). The van der Waals surface area contributed by atoms with Crippen LogP contribution >= 0.6 is 0 Å². The van der Waals surface area contributed by atoms with Crippen molar-refractivity contribution in [1.29, 1.82) is 0 Å². The summed E-state index contributed by atoms with van der Waals surface area (Å²) in [5.74, 6) is -0.0586. The van der Waals surface area contributed by atoms with E-state index < -0.39 is 0 Å². The van der Waals surface area contributed by atoms with E-state index in [4.69, 9.17) is 4.84 Å². The lowest BCUT2D eigenvalue weighted by atomic mass is 10.0. The molecule has 1 aliphatic rings. The number of amides is 1. The maximum absolute atomic E-state index is 10.9. The van der Waals surface area contributed by atoms with Crippen molar-refractivity contribution in [2.45, 2.75) is 19.4 Å². The number of oxime groups is 1. The van der Waals surface area contributed by atoms with Gasteiger partial charge in [-0.1, -0.05) is 17.3 Å². The van der Waals surface area contributed by atoms with Gasteiger partial charge in [0.2, 0.25) is 5.91 Å². The Hall–Kier alpha value is -2.63. The molecule has 0 radical (unpaired) electrons. The first-order valence-corrected chi connectivity index (χ1v) is 6.78. The number of nitrogens with one attached hydrogen (secondary N) is 1. The zero-order valence-corrected chi connectivity index (χ0v) is 11.7. The van der Waals surface area contributed by atoms with Gasteiger partial charge in [0.05, 0.1) is 18.6 Å². The lowest BCUT2D eigenvalue weighted by Crippen LogP contribution is -2.30. The Labute approximate surface area is 122 Å². The van der Waals surface area contributed by atoms with E-state index in [0.717, 1.165) is 17.0 Å².